The Morgan fingerprint density at radius 3 is 2.58 bits per heavy atom. The number of hydrogen-bond acceptors (Lipinski definition) is 4. The van der Waals surface area contributed by atoms with Gasteiger partial charge in [0, 0.05) is 12.7 Å². The van der Waals surface area contributed by atoms with Crippen LogP contribution in [0.4, 0.5) is 8.78 Å². The van der Waals surface area contributed by atoms with E-state index in [-0.39, 0.29) is 24.2 Å². The lowest BCUT2D eigenvalue weighted by Crippen LogP contribution is -2.33. The first kappa shape index (κ1) is 15.7. The van der Waals surface area contributed by atoms with Crippen LogP contribution in [0, 0.1) is 11.6 Å². The molecule has 0 aromatic heterocycles. The lowest BCUT2D eigenvalue weighted by Gasteiger charge is -2.10. The largest absolute Gasteiger partial charge is 0.321 e. The molecule has 0 radical (unpaired) electrons. The zero-order valence-electron chi connectivity index (χ0n) is 10.4. The molecule has 1 unspecified atom stereocenters. The first-order valence-corrected chi connectivity index (χ1v) is 7.65. The summed E-state index contributed by atoms with van der Waals surface area (Å²) in [7, 11) is -3.21. The number of rotatable bonds is 6. The van der Waals surface area contributed by atoms with E-state index in [0.29, 0.717) is 0 Å². The number of ketones is 1. The summed E-state index contributed by atoms with van der Waals surface area (Å²) in [6.45, 7) is 0. The van der Waals surface area contributed by atoms with Crippen molar-refractivity contribution in [2.24, 2.45) is 5.73 Å². The van der Waals surface area contributed by atoms with Crippen LogP contribution in [0.25, 0.3) is 0 Å². The Hall–Kier alpha value is -1.34. The van der Waals surface area contributed by atoms with Crippen LogP contribution < -0.4 is 5.73 Å². The molecule has 4 nitrogen and oxygen atoms in total. The van der Waals surface area contributed by atoms with E-state index in [1.807, 2.05) is 0 Å². The average Bonchev–Trinajstić information content (AvgIpc) is 2.31. The van der Waals surface area contributed by atoms with Crippen LogP contribution in [0.3, 0.4) is 0 Å². The van der Waals surface area contributed by atoms with Crippen molar-refractivity contribution >= 4 is 15.6 Å². The molecule has 0 saturated heterocycles. The second-order valence-electron chi connectivity index (χ2n) is 4.38. The summed E-state index contributed by atoms with van der Waals surface area (Å²) in [5.74, 6) is -2.85. The highest BCUT2D eigenvalue weighted by atomic mass is 32.2. The smallest absolute Gasteiger partial charge is 0.162 e. The minimum Gasteiger partial charge on any atom is -0.321 e. The lowest BCUT2D eigenvalue weighted by atomic mass is 10.0. The minimum absolute atomic E-state index is 0.0331. The highest BCUT2D eigenvalue weighted by molar-refractivity contribution is 7.90. The SMILES string of the molecule is CS(=O)(=O)CCC(N)C(=O)Cc1cccc(F)c1F. The zero-order valence-corrected chi connectivity index (χ0v) is 11.2. The Labute approximate surface area is 110 Å². The molecule has 0 saturated carbocycles. The van der Waals surface area contributed by atoms with Crippen molar-refractivity contribution in [3.63, 3.8) is 0 Å². The van der Waals surface area contributed by atoms with Gasteiger partial charge in [0.15, 0.2) is 17.4 Å². The Morgan fingerprint density at radius 2 is 2.00 bits per heavy atom. The second kappa shape index (κ2) is 6.21. The Balaban J connectivity index is 2.67. The second-order valence-corrected chi connectivity index (χ2v) is 6.64. The molecule has 1 aromatic carbocycles. The van der Waals surface area contributed by atoms with E-state index in [4.69, 9.17) is 5.73 Å². The van der Waals surface area contributed by atoms with Crippen molar-refractivity contribution in [3.05, 3.63) is 35.4 Å². The van der Waals surface area contributed by atoms with E-state index in [1.54, 1.807) is 0 Å². The normalized spacial score (nSPS) is 13.3. The van der Waals surface area contributed by atoms with Crippen molar-refractivity contribution in [2.45, 2.75) is 18.9 Å². The van der Waals surface area contributed by atoms with Gasteiger partial charge < -0.3 is 5.73 Å². The number of halogens is 2. The molecule has 19 heavy (non-hydrogen) atoms. The van der Waals surface area contributed by atoms with Crippen LogP contribution in [-0.4, -0.2) is 32.3 Å². The minimum atomic E-state index is -3.21. The molecule has 1 atom stereocenters. The van der Waals surface area contributed by atoms with E-state index in [1.165, 1.54) is 12.1 Å². The fourth-order valence-electron chi connectivity index (χ4n) is 1.51. The quantitative estimate of drug-likeness (QED) is 0.842. The molecule has 0 spiro atoms. The monoisotopic (exact) mass is 291 g/mol. The van der Waals surface area contributed by atoms with Crippen molar-refractivity contribution in [1.82, 2.24) is 0 Å². The van der Waals surface area contributed by atoms with Crippen LogP contribution >= 0.6 is 0 Å². The Bertz CT molecular complexity index is 572. The summed E-state index contributed by atoms with van der Waals surface area (Å²) in [6, 6.07) is 2.53. The van der Waals surface area contributed by atoms with Gasteiger partial charge in [0.2, 0.25) is 0 Å². The number of carbonyl (C=O) groups excluding carboxylic acids is 1. The van der Waals surface area contributed by atoms with Crippen molar-refractivity contribution in [3.8, 4) is 0 Å². The zero-order chi connectivity index (χ0) is 14.6. The van der Waals surface area contributed by atoms with Crippen LogP contribution in [0.15, 0.2) is 18.2 Å². The van der Waals surface area contributed by atoms with Gasteiger partial charge >= 0.3 is 0 Å². The molecular formula is C12H15F2NO3S. The summed E-state index contributed by atoms with van der Waals surface area (Å²) in [5.41, 5.74) is 5.45. The molecule has 0 aliphatic rings. The summed E-state index contributed by atoms with van der Waals surface area (Å²) >= 11 is 0. The molecule has 0 aliphatic heterocycles. The molecule has 1 aromatic rings. The van der Waals surface area contributed by atoms with Crippen LogP contribution in [0.5, 0.6) is 0 Å². The van der Waals surface area contributed by atoms with Gasteiger partial charge in [-0.25, -0.2) is 17.2 Å². The summed E-state index contributed by atoms with van der Waals surface area (Å²) < 4.78 is 48.2. The van der Waals surface area contributed by atoms with Gasteiger partial charge in [-0.3, -0.25) is 4.79 Å². The Morgan fingerprint density at radius 1 is 1.37 bits per heavy atom. The van der Waals surface area contributed by atoms with Crippen molar-refractivity contribution in [1.29, 1.82) is 0 Å². The topological polar surface area (TPSA) is 77.2 Å². The molecule has 0 bridgehead atoms. The van der Waals surface area contributed by atoms with Crippen molar-refractivity contribution < 1.29 is 22.0 Å². The lowest BCUT2D eigenvalue weighted by molar-refractivity contribution is -0.119. The fourth-order valence-corrected chi connectivity index (χ4v) is 2.19. The molecule has 2 N–H and O–H groups in total. The van der Waals surface area contributed by atoms with Gasteiger partial charge in [-0.2, -0.15) is 0 Å². The molecule has 0 fully saturated rings. The van der Waals surface area contributed by atoms with Crippen molar-refractivity contribution in [2.75, 3.05) is 12.0 Å². The number of hydrogen-bond donors (Lipinski definition) is 1. The summed E-state index contributed by atoms with van der Waals surface area (Å²) in [6.07, 6.45) is 0.652. The van der Waals surface area contributed by atoms with Gasteiger partial charge in [-0.05, 0) is 18.1 Å². The molecule has 7 heteroatoms. The van der Waals surface area contributed by atoms with E-state index < -0.39 is 33.3 Å². The summed E-state index contributed by atoms with van der Waals surface area (Å²) in [4.78, 5) is 11.7. The number of sulfone groups is 1. The maximum atomic E-state index is 13.3. The van der Waals surface area contributed by atoms with Gasteiger partial charge in [-0.1, -0.05) is 12.1 Å². The number of carbonyl (C=O) groups is 1. The third kappa shape index (κ3) is 5.04. The molecular weight excluding hydrogens is 276 g/mol. The van der Waals surface area contributed by atoms with E-state index in [9.17, 15) is 22.0 Å². The summed E-state index contributed by atoms with van der Waals surface area (Å²) in [5, 5.41) is 0. The van der Waals surface area contributed by atoms with E-state index in [0.717, 1.165) is 12.3 Å². The van der Waals surface area contributed by atoms with Gasteiger partial charge in [0.25, 0.3) is 0 Å². The Kier molecular flexibility index (Phi) is 5.13. The number of Topliss-reactive ketones (excluding diaryl/α,β-unsaturated/α-hetero) is 1. The highest BCUT2D eigenvalue weighted by Gasteiger charge is 2.18. The number of nitrogens with two attached hydrogens (primary N) is 1. The molecule has 0 aliphatic carbocycles. The molecule has 106 valence electrons. The van der Waals surface area contributed by atoms with Crippen LogP contribution in [0.2, 0.25) is 0 Å². The van der Waals surface area contributed by atoms with E-state index >= 15 is 0 Å². The third-order valence-corrected chi connectivity index (χ3v) is 3.59. The number of benzene rings is 1. The predicted molar refractivity (Wildman–Crippen MR) is 67.4 cm³/mol. The average molecular weight is 291 g/mol. The van der Waals surface area contributed by atoms with Crippen LogP contribution in [-0.2, 0) is 21.1 Å². The molecule has 1 rings (SSSR count). The third-order valence-electron chi connectivity index (χ3n) is 2.61. The predicted octanol–water partition coefficient (Wildman–Crippen LogP) is 0.838. The standard InChI is InChI=1S/C12H15F2NO3S/c1-19(17,18)6-5-10(15)11(16)7-8-3-2-4-9(13)12(8)14/h2-4,10H,5-7,15H2,1H3. The fraction of sp³-hybridized carbons (Fsp3) is 0.417. The molecule has 0 amide bonds. The highest BCUT2D eigenvalue weighted by Crippen LogP contribution is 2.13. The molecule has 0 heterocycles. The van der Waals surface area contributed by atoms with Gasteiger partial charge in [0.05, 0.1) is 11.8 Å². The van der Waals surface area contributed by atoms with E-state index in [2.05, 4.69) is 0 Å². The first-order valence-electron chi connectivity index (χ1n) is 5.59. The van der Waals surface area contributed by atoms with Crippen LogP contribution in [0.1, 0.15) is 12.0 Å². The maximum Gasteiger partial charge on any atom is 0.162 e. The van der Waals surface area contributed by atoms with Gasteiger partial charge in [0.1, 0.15) is 9.84 Å². The first-order chi connectivity index (χ1) is 8.70. The van der Waals surface area contributed by atoms with Gasteiger partial charge in [-0.15, -0.1) is 0 Å². The maximum absolute atomic E-state index is 13.3.